The van der Waals surface area contributed by atoms with Crippen molar-refractivity contribution < 1.29 is 22.8 Å². The van der Waals surface area contributed by atoms with Crippen LogP contribution in [0.1, 0.15) is 35.7 Å². The number of anilines is 1. The molecule has 1 aliphatic heterocycles. The number of hydrogen-bond acceptors (Lipinski definition) is 6. The molecule has 2 aromatic rings. The fourth-order valence-corrected chi connectivity index (χ4v) is 4.23. The topological polar surface area (TPSA) is 166 Å². The Bertz CT molecular complexity index is 1130. The number of nitrogens with one attached hydrogen (secondary N) is 1. The molecule has 3 amide bonds. The zero-order valence-corrected chi connectivity index (χ0v) is 18.3. The second-order valence-electron chi connectivity index (χ2n) is 7.97. The number of likely N-dealkylation sites (tertiary alicyclic amines) is 1. The van der Waals surface area contributed by atoms with Gasteiger partial charge in [0.1, 0.15) is 0 Å². The Labute approximate surface area is 186 Å². The van der Waals surface area contributed by atoms with E-state index in [9.17, 15) is 22.8 Å². The molecule has 11 heteroatoms. The lowest BCUT2D eigenvalue weighted by Crippen LogP contribution is -2.51. The average molecular weight is 460 g/mol. The van der Waals surface area contributed by atoms with Gasteiger partial charge >= 0.3 is 11.8 Å². The number of hydrogen-bond donors (Lipinski definition) is 3. The molecule has 32 heavy (non-hydrogen) atoms. The van der Waals surface area contributed by atoms with Crippen molar-refractivity contribution in [2.45, 2.75) is 37.1 Å². The molecule has 1 saturated heterocycles. The average Bonchev–Trinajstić information content (AvgIpc) is 2.74. The predicted molar refractivity (Wildman–Crippen MR) is 117 cm³/mol. The van der Waals surface area contributed by atoms with Crippen LogP contribution in [0.3, 0.4) is 0 Å². The van der Waals surface area contributed by atoms with E-state index in [1.165, 1.54) is 30.6 Å². The highest BCUT2D eigenvalue weighted by atomic mass is 32.2. The maximum absolute atomic E-state index is 13.0. The smallest absolute Gasteiger partial charge is 0.313 e. The number of piperidine rings is 1. The van der Waals surface area contributed by atoms with E-state index in [4.69, 9.17) is 10.9 Å². The molecule has 0 spiro atoms. The quantitative estimate of drug-likeness (QED) is 0.555. The largest absolute Gasteiger partial charge is 0.366 e. The van der Waals surface area contributed by atoms with Gasteiger partial charge in [0.25, 0.3) is 0 Å². The number of aromatic nitrogens is 1. The highest BCUT2D eigenvalue weighted by Crippen LogP contribution is 2.25. The zero-order valence-electron chi connectivity index (χ0n) is 17.5. The van der Waals surface area contributed by atoms with Crippen molar-refractivity contribution in [2.24, 2.45) is 16.8 Å². The molecule has 1 aromatic carbocycles. The fourth-order valence-electron chi connectivity index (χ4n) is 3.72. The summed E-state index contributed by atoms with van der Waals surface area (Å²) in [5.74, 6) is -1.99. The summed E-state index contributed by atoms with van der Waals surface area (Å²) < 4.78 is 22.9. The van der Waals surface area contributed by atoms with Crippen LogP contribution >= 0.6 is 0 Å². The summed E-state index contributed by atoms with van der Waals surface area (Å²) in [4.78, 5) is 42.3. The molecule has 10 nitrogen and oxygen atoms in total. The van der Waals surface area contributed by atoms with Crippen molar-refractivity contribution in [1.82, 2.24) is 9.88 Å². The molecule has 0 unspecified atom stereocenters. The van der Waals surface area contributed by atoms with E-state index in [-0.39, 0.29) is 28.1 Å². The van der Waals surface area contributed by atoms with Gasteiger partial charge in [-0.05, 0) is 48.9 Å². The molecule has 0 radical (unpaired) electrons. The Morgan fingerprint density at radius 2 is 1.84 bits per heavy atom. The number of nitrogens with two attached hydrogens (primary N) is 2. The van der Waals surface area contributed by atoms with Crippen LogP contribution in [0.15, 0.2) is 47.6 Å². The number of amides is 3. The van der Waals surface area contributed by atoms with Crippen LogP contribution in [0.5, 0.6) is 0 Å². The second kappa shape index (κ2) is 9.45. The number of sulfonamides is 1. The lowest BCUT2D eigenvalue weighted by atomic mass is 9.90. The minimum Gasteiger partial charge on any atom is -0.366 e. The van der Waals surface area contributed by atoms with E-state index >= 15 is 0 Å². The summed E-state index contributed by atoms with van der Waals surface area (Å²) in [6.45, 7) is 2.43. The number of primary amides is 1. The van der Waals surface area contributed by atoms with Gasteiger partial charge in [0.15, 0.2) is 0 Å². The maximum Gasteiger partial charge on any atom is 0.313 e. The van der Waals surface area contributed by atoms with Crippen LogP contribution in [-0.2, 0) is 26.0 Å². The molecular formula is C21H25N5O5S. The highest BCUT2D eigenvalue weighted by molar-refractivity contribution is 7.89. The van der Waals surface area contributed by atoms with Crippen molar-refractivity contribution in [1.29, 1.82) is 0 Å². The van der Waals surface area contributed by atoms with Gasteiger partial charge in [-0.1, -0.05) is 19.1 Å². The standard InChI is InChI=1S/C21H25N5O5S/c1-13-2-5-17(8-14-3-6-18(7-4-14)32(23,30)31)26(12-13)21(29)20(28)25-16-9-15(19(22)27)10-24-11-16/h3-4,6-7,9-11,13,17H,2,5,8,12H2,1H3,(H2,22,27)(H,25,28)(H2,23,30,31)/t13-,17+/m0/s1. The van der Waals surface area contributed by atoms with E-state index in [2.05, 4.69) is 10.3 Å². The number of carbonyl (C=O) groups excluding carboxylic acids is 3. The molecule has 1 fully saturated rings. The van der Waals surface area contributed by atoms with Crippen LogP contribution < -0.4 is 16.2 Å². The van der Waals surface area contributed by atoms with E-state index in [1.54, 1.807) is 17.0 Å². The Balaban J connectivity index is 1.74. The summed E-state index contributed by atoms with van der Waals surface area (Å²) in [6, 6.07) is 7.29. The van der Waals surface area contributed by atoms with Gasteiger partial charge in [-0.2, -0.15) is 0 Å². The second-order valence-corrected chi connectivity index (χ2v) is 9.53. The van der Waals surface area contributed by atoms with Crippen LogP contribution in [-0.4, -0.2) is 48.6 Å². The van der Waals surface area contributed by atoms with Crippen LogP contribution in [0.2, 0.25) is 0 Å². The van der Waals surface area contributed by atoms with Crippen LogP contribution in [0, 0.1) is 5.92 Å². The lowest BCUT2D eigenvalue weighted by molar-refractivity contribution is -0.146. The number of benzene rings is 1. The summed E-state index contributed by atoms with van der Waals surface area (Å²) >= 11 is 0. The van der Waals surface area contributed by atoms with Gasteiger partial charge < -0.3 is 16.0 Å². The third-order valence-electron chi connectivity index (χ3n) is 5.40. The Hall–Kier alpha value is -3.31. The fraction of sp³-hybridized carbons (Fsp3) is 0.333. The normalized spacial score (nSPS) is 18.8. The summed E-state index contributed by atoms with van der Waals surface area (Å²) in [6.07, 6.45) is 4.66. The van der Waals surface area contributed by atoms with E-state index in [1.807, 2.05) is 6.92 Å². The molecule has 3 rings (SSSR count). The van der Waals surface area contributed by atoms with Gasteiger partial charge in [0, 0.05) is 18.8 Å². The van der Waals surface area contributed by atoms with Crippen molar-refractivity contribution in [3.8, 4) is 0 Å². The van der Waals surface area contributed by atoms with Gasteiger partial charge in [0.2, 0.25) is 15.9 Å². The molecule has 0 aliphatic carbocycles. The van der Waals surface area contributed by atoms with Gasteiger partial charge in [-0.15, -0.1) is 0 Å². The first-order chi connectivity index (χ1) is 15.0. The number of nitrogens with zero attached hydrogens (tertiary/aromatic N) is 2. The van der Waals surface area contributed by atoms with E-state index in [0.29, 0.717) is 19.4 Å². The van der Waals surface area contributed by atoms with E-state index in [0.717, 1.165) is 12.0 Å². The molecule has 2 atom stereocenters. The Morgan fingerprint density at radius 1 is 1.16 bits per heavy atom. The molecule has 0 saturated carbocycles. The van der Waals surface area contributed by atoms with Crippen molar-refractivity contribution in [3.05, 3.63) is 53.9 Å². The van der Waals surface area contributed by atoms with Gasteiger partial charge in [-0.3, -0.25) is 19.4 Å². The SMILES string of the molecule is C[C@H]1CC[C@H](Cc2ccc(S(N)(=O)=O)cc2)N(C(=O)C(=O)Nc2cncc(C(N)=O)c2)C1. The molecule has 170 valence electrons. The molecule has 5 N–H and O–H groups in total. The first-order valence-corrected chi connectivity index (χ1v) is 11.6. The molecule has 1 aromatic heterocycles. The minimum atomic E-state index is -3.79. The third-order valence-corrected chi connectivity index (χ3v) is 6.33. The first-order valence-electron chi connectivity index (χ1n) is 10.0. The van der Waals surface area contributed by atoms with Crippen molar-refractivity contribution >= 4 is 33.4 Å². The van der Waals surface area contributed by atoms with E-state index < -0.39 is 27.7 Å². The molecular weight excluding hydrogens is 434 g/mol. The number of pyridine rings is 1. The lowest BCUT2D eigenvalue weighted by Gasteiger charge is -2.38. The van der Waals surface area contributed by atoms with Crippen molar-refractivity contribution in [3.63, 3.8) is 0 Å². The first kappa shape index (κ1) is 23.4. The van der Waals surface area contributed by atoms with Gasteiger partial charge in [-0.25, -0.2) is 13.6 Å². The molecule has 2 heterocycles. The number of rotatable bonds is 5. The van der Waals surface area contributed by atoms with Crippen LogP contribution in [0.4, 0.5) is 5.69 Å². The summed E-state index contributed by atoms with van der Waals surface area (Å²) in [7, 11) is -3.79. The summed E-state index contributed by atoms with van der Waals surface area (Å²) in [5, 5.41) is 7.61. The zero-order chi connectivity index (χ0) is 23.5. The predicted octanol–water partition coefficient (Wildman–Crippen LogP) is 0.636. The van der Waals surface area contributed by atoms with Gasteiger partial charge in [0.05, 0.1) is 22.3 Å². The van der Waals surface area contributed by atoms with Crippen molar-refractivity contribution in [2.75, 3.05) is 11.9 Å². The maximum atomic E-state index is 13.0. The molecule has 0 bridgehead atoms. The number of carbonyl (C=O) groups is 3. The third kappa shape index (κ3) is 5.68. The minimum absolute atomic E-state index is 0.0117. The Morgan fingerprint density at radius 3 is 2.47 bits per heavy atom. The Kier molecular flexibility index (Phi) is 6.90. The molecule has 1 aliphatic rings. The summed E-state index contributed by atoms with van der Waals surface area (Å²) in [5.41, 5.74) is 6.36. The number of primary sulfonamides is 1. The van der Waals surface area contributed by atoms with Crippen LogP contribution in [0.25, 0.3) is 0 Å². The monoisotopic (exact) mass is 459 g/mol. The highest BCUT2D eigenvalue weighted by Gasteiger charge is 2.33.